The first-order valence-corrected chi connectivity index (χ1v) is 6.19. The van der Waals surface area contributed by atoms with Gasteiger partial charge in [0.25, 0.3) is 0 Å². The normalized spacial score (nSPS) is 26.2. The zero-order valence-electron chi connectivity index (χ0n) is 10.4. The molecule has 1 rings (SSSR count). The molecule has 0 aromatic carbocycles. The van der Waals surface area contributed by atoms with Crippen LogP contribution in [0.3, 0.4) is 0 Å². The van der Waals surface area contributed by atoms with E-state index in [0.717, 1.165) is 6.42 Å². The van der Waals surface area contributed by atoms with Crippen molar-refractivity contribution in [3.8, 4) is 0 Å². The molecule has 1 amide bonds. The Morgan fingerprint density at radius 1 is 1.53 bits per heavy atom. The van der Waals surface area contributed by atoms with Crippen LogP contribution in [0.5, 0.6) is 0 Å². The van der Waals surface area contributed by atoms with Crippen LogP contribution in [-0.2, 0) is 14.3 Å². The Hall–Kier alpha value is -1.10. The smallest absolute Gasteiger partial charge is 0.326 e. The van der Waals surface area contributed by atoms with Gasteiger partial charge in [-0.25, -0.2) is 4.79 Å². The van der Waals surface area contributed by atoms with Crippen molar-refractivity contribution in [3.63, 3.8) is 0 Å². The maximum Gasteiger partial charge on any atom is 0.326 e. The first-order chi connectivity index (χ1) is 8.04. The van der Waals surface area contributed by atoms with Crippen LogP contribution in [0.15, 0.2) is 0 Å². The summed E-state index contributed by atoms with van der Waals surface area (Å²) < 4.78 is 5.36. The van der Waals surface area contributed by atoms with Gasteiger partial charge < -0.3 is 15.2 Å². The van der Waals surface area contributed by atoms with E-state index in [1.165, 1.54) is 0 Å². The molecule has 1 aliphatic heterocycles. The van der Waals surface area contributed by atoms with Crippen molar-refractivity contribution in [3.05, 3.63) is 0 Å². The molecule has 0 aromatic rings. The Balaban J connectivity index is 2.48. The molecule has 3 atom stereocenters. The van der Waals surface area contributed by atoms with Gasteiger partial charge in [0, 0.05) is 12.5 Å². The van der Waals surface area contributed by atoms with Crippen LogP contribution in [0.1, 0.15) is 39.5 Å². The number of carboxylic acid groups (broad SMARTS) is 1. The predicted octanol–water partition coefficient (Wildman–Crippen LogP) is 1.17. The van der Waals surface area contributed by atoms with Gasteiger partial charge in [-0.05, 0) is 26.2 Å². The van der Waals surface area contributed by atoms with Crippen LogP contribution in [-0.4, -0.2) is 35.7 Å². The molecule has 5 heteroatoms. The molecule has 1 heterocycles. The highest BCUT2D eigenvalue weighted by atomic mass is 16.5. The first-order valence-electron chi connectivity index (χ1n) is 6.19. The Bertz CT molecular complexity index is 280. The minimum atomic E-state index is -0.958. The van der Waals surface area contributed by atoms with Gasteiger partial charge in [-0.3, -0.25) is 4.79 Å². The lowest BCUT2D eigenvalue weighted by Gasteiger charge is -2.27. The summed E-state index contributed by atoms with van der Waals surface area (Å²) in [6.07, 6.45) is 2.63. The van der Waals surface area contributed by atoms with Crippen LogP contribution in [0, 0.1) is 5.92 Å². The molecule has 3 unspecified atom stereocenters. The minimum absolute atomic E-state index is 0.0777. The lowest BCUT2D eigenvalue weighted by Crippen LogP contribution is -2.45. The monoisotopic (exact) mass is 243 g/mol. The first kappa shape index (κ1) is 14.0. The molecule has 0 saturated carbocycles. The van der Waals surface area contributed by atoms with Gasteiger partial charge in [-0.15, -0.1) is 0 Å². The second-order valence-electron chi connectivity index (χ2n) is 4.59. The largest absolute Gasteiger partial charge is 0.480 e. The maximum absolute atomic E-state index is 11.9. The quantitative estimate of drug-likeness (QED) is 0.760. The molecule has 1 aliphatic rings. The lowest BCUT2D eigenvalue weighted by atomic mass is 9.95. The summed E-state index contributed by atoms with van der Waals surface area (Å²) in [4.78, 5) is 22.8. The number of amides is 1. The molecule has 2 N–H and O–H groups in total. The predicted molar refractivity (Wildman–Crippen MR) is 62.6 cm³/mol. The fourth-order valence-electron chi connectivity index (χ4n) is 2.07. The molecule has 5 nitrogen and oxygen atoms in total. The van der Waals surface area contributed by atoms with Crippen molar-refractivity contribution in [1.29, 1.82) is 0 Å². The highest BCUT2D eigenvalue weighted by Crippen LogP contribution is 2.20. The van der Waals surface area contributed by atoms with E-state index < -0.39 is 12.0 Å². The third-order valence-corrected chi connectivity index (χ3v) is 3.05. The molecule has 0 aromatic heterocycles. The Kier molecular flexibility index (Phi) is 5.41. The van der Waals surface area contributed by atoms with E-state index in [2.05, 4.69) is 5.32 Å². The molecule has 0 aliphatic carbocycles. The van der Waals surface area contributed by atoms with E-state index in [9.17, 15) is 9.59 Å². The number of rotatable bonds is 5. The molecule has 17 heavy (non-hydrogen) atoms. The number of carbonyl (C=O) groups excluding carboxylic acids is 1. The lowest BCUT2D eigenvalue weighted by molar-refractivity contribution is -0.143. The number of aliphatic carboxylic acids is 1. The average molecular weight is 243 g/mol. The van der Waals surface area contributed by atoms with Crippen LogP contribution in [0.4, 0.5) is 0 Å². The minimum Gasteiger partial charge on any atom is -0.480 e. The molecule has 1 fully saturated rings. The van der Waals surface area contributed by atoms with E-state index in [-0.39, 0.29) is 17.9 Å². The fourth-order valence-corrected chi connectivity index (χ4v) is 2.07. The number of ether oxygens (including phenoxy) is 1. The molecule has 0 bridgehead atoms. The van der Waals surface area contributed by atoms with Crippen molar-refractivity contribution >= 4 is 11.9 Å². The highest BCUT2D eigenvalue weighted by Gasteiger charge is 2.28. The molecular weight excluding hydrogens is 222 g/mol. The highest BCUT2D eigenvalue weighted by molar-refractivity contribution is 5.85. The van der Waals surface area contributed by atoms with Crippen molar-refractivity contribution in [2.24, 2.45) is 5.92 Å². The molecule has 0 spiro atoms. The van der Waals surface area contributed by atoms with Gasteiger partial charge in [0.2, 0.25) is 5.91 Å². The topological polar surface area (TPSA) is 75.6 Å². The van der Waals surface area contributed by atoms with E-state index >= 15 is 0 Å². The molecule has 1 saturated heterocycles. The molecule has 98 valence electrons. The van der Waals surface area contributed by atoms with E-state index in [1.807, 2.05) is 13.8 Å². The summed E-state index contributed by atoms with van der Waals surface area (Å²) in [6, 6.07) is -0.759. The summed E-state index contributed by atoms with van der Waals surface area (Å²) >= 11 is 0. The summed E-state index contributed by atoms with van der Waals surface area (Å²) in [7, 11) is 0. The summed E-state index contributed by atoms with van der Waals surface area (Å²) in [5, 5.41) is 11.6. The van der Waals surface area contributed by atoms with E-state index in [1.54, 1.807) is 0 Å². The maximum atomic E-state index is 11.9. The molecular formula is C12H21NO4. The Morgan fingerprint density at radius 3 is 2.76 bits per heavy atom. The van der Waals surface area contributed by atoms with Gasteiger partial charge in [-0.1, -0.05) is 13.3 Å². The van der Waals surface area contributed by atoms with Gasteiger partial charge in [-0.2, -0.15) is 0 Å². The van der Waals surface area contributed by atoms with Crippen LogP contribution < -0.4 is 5.32 Å². The van der Waals surface area contributed by atoms with E-state index in [4.69, 9.17) is 9.84 Å². The number of carboxylic acids is 1. The van der Waals surface area contributed by atoms with Crippen LogP contribution >= 0.6 is 0 Å². The van der Waals surface area contributed by atoms with Crippen LogP contribution in [0.2, 0.25) is 0 Å². The summed E-state index contributed by atoms with van der Waals surface area (Å²) in [6.45, 7) is 4.41. The summed E-state index contributed by atoms with van der Waals surface area (Å²) in [5.41, 5.74) is 0. The van der Waals surface area contributed by atoms with Crippen LogP contribution in [0.25, 0.3) is 0 Å². The third kappa shape index (κ3) is 4.34. The van der Waals surface area contributed by atoms with Gasteiger partial charge in [0.05, 0.1) is 6.10 Å². The Morgan fingerprint density at radius 2 is 2.24 bits per heavy atom. The number of hydrogen-bond acceptors (Lipinski definition) is 3. The second kappa shape index (κ2) is 6.59. The second-order valence-corrected chi connectivity index (χ2v) is 4.59. The van der Waals surface area contributed by atoms with Crippen molar-refractivity contribution in [1.82, 2.24) is 5.32 Å². The Labute approximate surface area is 102 Å². The van der Waals surface area contributed by atoms with Crippen molar-refractivity contribution < 1.29 is 19.4 Å². The molecule has 0 radical (unpaired) electrons. The van der Waals surface area contributed by atoms with Gasteiger partial charge in [0.1, 0.15) is 6.04 Å². The summed E-state index contributed by atoms with van der Waals surface area (Å²) in [5.74, 6) is -1.22. The standard InChI is InChI=1S/C12H21NO4/c1-3-4-10(12(15)16)13-11(14)9-5-6-17-8(2)7-9/h8-10H,3-7H2,1-2H3,(H,13,14)(H,15,16). The number of nitrogens with one attached hydrogen (secondary N) is 1. The number of carbonyl (C=O) groups is 2. The number of hydrogen-bond donors (Lipinski definition) is 2. The third-order valence-electron chi connectivity index (χ3n) is 3.05. The van der Waals surface area contributed by atoms with E-state index in [0.29, 0.717) is 25.9 Å². The average Bonchev–Trinajstić information content (AvgIpc) is 2.28. The van der Waals surface area contributed by atoms with Gasteiger partial charge >= 0.3 is 5.97 Å². The van der Waals surface area contributed by atoms with Crippen molar-refractivity contribution in [2.75, 3.05) is 6.61 Å². The van der Waals surface area contributed by atoms with Crippen molar-refractivity contribution in [2.45, 2.75) is 51.7 Å². The van der Waals surface area contributed by atoms with Gasteiger partial charge in [0.15, 0.2) is 0 Å². The zero-order chi connectivity index (χ0) is 12.8. The fraction of sp³-hybridized carbons (Fsp3) is 0.833. The SMILES string of the molecule is CCCC(NC(=O)C1CCOC(C)C1)C(=O)O. The zero-order valence-corrected chi connectivity index (χ0v) is 10.4.